The second-order valence-electron chi connectivity index (χ2n) is 6.85. The minimum Gasteiger partial charge on any atom is -0.481 e. The second kappa shape index (κ2) is 6.91. The van der Waals surface area contributed by atoms with E-state index in [1.54, 1.807) is 4.90 Å². The first-order chi connectivity index (χ1) is 10.7. The molecule has 5 nitrogen and oxygen atoms in total. The van der Waals surface area contributed by atoms with E-state index in [9.17, 15) is 9.59 Å². The number of amides is 1. The summed E-state index contributed by atoms with van der Waals surface area (Å²) < 4.78 is 1.06. The number of halogens is 1. The largest absolute Gasteiger partial charge is 0.481 e. The molecule has 0 radical (unpaired) electrons. The van der Waals surface area contributed by atoms with Crippen LogP contribution in [0.25, 0.3) is 0 Å². The Morgan fingerprint density at radius 1 is 1.17 bits per heavy atom. The van der Waals surface area contributed by atoms with Crippen molar-refractivity contribution in [1.82, 2.24) is 4.90 Å². The molecule has 1 N–H and O–H groups in total. The van der Waals surface area contributed by atoms with Gasteiger partial charge in [0, 0.05) is 36.3 Å². The van der Waals surface area contributed by atoms with Crippen LogP contribution in [0.5, 0.6) is 0 Å². The molecule has 1 aromatic rings. The van der Waals surface area contributed by atoms with Crippen LogP contribution in [0.1, 0.15) is 32.8 Å². The number of nitrogens with zero attached hydrogens (tertiary/aromatic N) is 2. The molecule has 1 amide bonds. The molecule has 0 aromatic heterocycles. The minimum absolute atomic E-state index is 0.0232. The molecule has 1 aliphatic heterocycles. The van der Waals surface area contributed by atoms with Crippen molar-refractivity contribution < 1.29 is 14.7 Å². The van der Waals surface area contributed by atoms with E-state index in [0.717, 1.165) is 17.6 Å². The Morgan fingerprint density at radius 3 is 2.30 bits per heavy atom. The molecule has 0 saturated carbocycles. The van der Waals surface area contributed by atoms with Gasteiger partial charge in [-0.15, -0.1) is 0 Å². The first kappa shape index (κ1) is 17.8. The van der Waals surface area contributed by atoms with Crippen molar-refractivity contribution in [2.45, 2.75) is 32.6 Å². The van der Waals surface area contributed by atoms with Crippen molar-refractivity contribution in [2.24, 2.45) is 0 Å². The maximum Gasteiger partial charge on any atom is 0.312 e. The highest BCUT2D eigenvalue weighted by molar-refractivity contribution is 9.10. The van der Waals surface area contributed by atoms with Crippen LogP contribution in [0.4, 0.5) is 5.69 Å². The van der Waals surface area contributed by atoms with E-state index in [1.165, 1.54) is 11.3 Å². The molecule has 0 aliphatic carbocycles. The zero-order chi connectivity index (χ0) is 17.2. The van der Waals surface area contributed by atoms with Crippen LogP contribution in [-0.4, -0.2) is 48.1 Å². The van der Waals surface area contributed by atoms with Crippen molar-refractivity contribution in [1.29, 1.82) is 0 Å². The van der Waals surface area contributed by atoms with Gasteiger partial charge in [0.25, 0.3) is 0 Å². The van der Waals surface area contributed by atoms with Gasteiger partial charge in [0.2, 0.25) is 5.91 Å². The number of carboxylic acid groups (broad SMARTS) is 1. The molecule has 2 rings (SSSR count). The van der Waals surface area contributed by atoms with Crippen LogP contribution in [0.3, 0.4) is 0 Å². The van der Waals surface area contributed by atoms with Gasteiger partial charge in [0.1, 0.15) is 6.42 Å². The van der Waals surface area contributed by atoms with Crippen LogP contribution >= 0.6 is 15.9 Å². The average Bonchev–Trinajstić information content (AvgIpc) is 2.46. The summed E-state index contributed by atoms with van der Waals surface area (Å²) in [7, 11) is 0. The third kappa shape index (κ3) is 4.47. The lowest BCUT2D eigenvalue weighted by Crippen LogP contribution is -2.49. The summed E-state index contributed by atoms with van der Waals surface area (Å²) in [6.07, 6.45) is -0.425. The molecule has 1 heterocycles. The van der Waals surface area contributed by atoms with Gasteiger partial charge in [-0.1, -0.05) is 36.7 Å². The third-order valence-electron chi connectivity index (χ3n) is 4.04. The quantitative estimate of drug-likeness (QED) is 0.816. The summed E-state index contributed by atoms with van der Waals surface area (Å²) in [6.45, 7) is 9.12. The summed E-state index contributed by atoms with van der Waals surface area (Å²) in [5.74, 6) is -1.37. The summed E-state index contributed by atoms with van der Waals surface area (Å²) in [5.41, 5.74) is 2.47. The fourth-order valence-electron chi connectivity index (χ4n) is 2.82. The van der Waals surface area contributed by atoms with E-state index in [4.69, 9.17) is 5.11 Å². The normalized spacial score (nSPS) is 15.7. The lowest BCUT2D eigenvalue weighted by Gasteiger charge is -2.38. The Balaban J connectivity index is 2.12. The molecule has 0 bridgehead atoms. The number of carbonyl (C=O) groups is 2. The summed E-state index contributed by atoms with van der Waals surface area (Å²) in [4.78, 5) is 26.4. The maximum atomic E-state index is 11.8. The second-order valence-corrected chi connectivity index (χ2v) is 7.77. The van der Waals surface area contributed by atoms with Crippen LogP contribution < -0.4 is 4.90 Å². The van der Waals surface area contributed by atoms with Gasteiger partial charge in [-0.3, -0.25) is 9.59 Å². The van der Waals surface area contributed by atoms with Gasteiger partial charge in [-0.2, -0.15) is 0 Å². The number of carboxylic acids is 1. The highest BCUT2D eigenvalue weighted by Gasteiger charge is 2.26. The van der Waals surface area contributed by atoms with E-state index in [2.05, 4.69) is 53.7 Å². The lowest BCUT2D eigenvalue weighted by atomic mass is 9.85. The average molecular weight is 383 g/mol. The van der Waals surface area contributed by atoms with Gasteiger partial charge < -0.3 is 14.9 Å². The van der Waals surface area contributed by atoms with Crippen molar-refractivity contribution in [3.63, 3.8) is 0 Å². The monoisotopic (exact) mass is 382 g/mol. The maximum absolute atomic E-state index is 11.8. The standard InChI is InChI=1S/C17H23BrN2O3/c1-17(2,3)13-10-12(18)4-5-14(13)19-6-8-20(9-7-19)15(21)11-16(22)23/h4-5,10H,6-9,11H2,1-3H3,(H,22,23). The van der Waals surface area contributed by atoms with E-state index >= 15 is 0 Å². The Kier molecular flexibility index (Phi) is 5.34. The van der Waals surface area contributed by atoms with Crippen LogP contribution in [0.15, 0.2) is 22.7 Å². The van der Waals surface area contributed by atoms with E-state index in [0.29, 0.717) is 13.1 Å². The van der Waals surface area contributed by atoms with Gasteiger partial charge in [-0.25, -0.2) is 0 Å². The van der Waals surface area contributed by atoms with Crippen LogP contribution in [-0.2, 0) is 15.0 Å². The Morgan fingerprint density at radius 2 is 1.78 bits per heavy atom. The number of piperazine rings is 1. The number of rotatable bonds is 3. The van der Waals surface area contributed by atoms with Crippen molar-refractivity contribution in [2.75, 3.05) is 31.1 Å². The molecular weight excluding hydrogens is 360 g/mol. The fourth-order valence-corrected chi connectivity index (χ4v) is 3.18. The predicted octanol–water partition coefficient (Wildman–Crippen LogP) is 2.87. The Hall–Kier alpha value is -1.56. The van der Waals surface area contributed by atoms with Gasteiger partial charge in [-0.05, 0) is 29.2 Å². The SMILES string of the molecule is CC(C)(C)c1cc(Br)ccc1N1CCN(C(=O)CC(=O)O)CC1. The fraction of sp³-hybridized carbons (Fsp3) is 0.529. The molecule has 1 saturated heterocycles. The van der Waals surface area contributed by atoms with E-state index in [-0.39, 0.29) is 11.3 Å². The topological polar surface area (TPSA) is 60.9 Å². The molecule has 23 heavy (non-hydrogen) atoms. The number of benzene rings is 1. The van der Waals surface area contributed by atoms with E-state index < -0.39 is 12.4 Å². The molecule has 6 heteroatoms. The number of hydrogen-bond acceptors (Lipinski definition) is 3. The predicted molar refractivity (Wildman–Crippen MR) is 93.9 cm³/mol. The zero-order valence-electron chi connectivity index (χ0n) is 13.8. The molecule has 1 aromatic carbocycles. The summed E-state index contributed by atoms with van der Waals surface area (Å²) >= 11 is 3.54. The molecule has 0 spiro atoms. The zero-order valence-corrected chi connectivity index (χ0v) is 15.4. The van der Waals surface area contributed by atoms with Crippen LogP contribution in [0, 0.1) is 0 Å². The number of hydrogen-bond donors (Lipinski definition) is 1. The molecule has 126 valence electrons. The third-order valence-corrected chi connectivity index (χ3v) is 4.54. The molecule has 1 aliphatic rings. The number of anilines is 1. The number of aliphatic carboxylic acids is 1. The molecule has 0 unspecified atom stereocenters. The van der Waals surface area contributed by atoms with Gasteiger partial charge in [0.05, 0.1) is 0 Å². The van der Waals surface area contributed by atoms with Crippen LogP contribution in [0.2, 0.25) is 0 Å². The van der Waals surface area contributed by atoms with Crippen molar-refractivity contribution in [3.8, 4) is 0 Å². The molecule has 1 fully saturated rings. The van der Waals surface area contributed by atoms with Gasteiger partial charge in [0.15, 0.2) is 0 Å². The highest BCUT2D eigenvalue weighted by Crippen LogP contribution is 2.34. The first-order valence-corrected chi connectivity index (χ1v) is 8.52. The van der Waals surface area contributed by atoms with Gasteiger partial charge >= 0.3 is 5.97 Å². The molecule has 0 atom stereocenters. The van der Waals surface area contributed by atoms with E-state index in [1.807, 2.05) is 6.07 Å². The summed E-state index contributed by atoms with van der Waals surface area (Å²) in [5, 5.41) is 8.73. The summed E-state index contributed by atoms with van der Waals surface area (Å²) in [6, 6.07) is 6.29. The minimum atomic E-state index is -1.07. The first-order valence-electron chi connectivity index (χ1n) is 7.73. The van der Waals surface area contributed by atoms with Crippen molar-refractivity contribution in [3.05, 3.63) is 28.2 Å². The number of carbonyl (C=O) groups excluding carboxylic acids is 1. The lowest BCUT2D eigenvalue weighted by molar-refractivity contribution is -0.144. The molecular formula is C17H23BrN2O3. The Labute approximate surface area is 145 Å². The Bertz CT molecular complexity index is 602. The van der Waals surface area contributed by atoms with Crippen molar-refractivity contribution >= 4 is 33.5 Å². The highest BCUT2D eigenvalue weighted by atomic mass is 79.9. The smallest absolute Gasteiger partial charge is 0.312 e.